The van der Waals surface area contributed by atoms with E-state index in [-0.39, 0.29) is 10.9 Å². The molecule has 0 aliphatic rings. The lowest BCUT2D eigenvalue weighted by Gasteiger charge is -2.17. The highest BCUT2D eigenvalue weighted by Gasteiger charge is 2.22. The summed E-state index contributed by atoms with van der Waals surface area (Å²) in [4.78, 5) is 0.201. The summed E-state index contributed by atoms with van der Waals surface area (Å²) in [7, 11) is -2.03. The second-order valence-electron chi connectivity index (χ2n) is 4.54. The molecule has 0 bridgehead atoms. The first-order valence-electron chi connectivity index (χ1n) is 5.66. The Morgan fingerprint density at radius 1 is 1.33 bits per heavy atom. The molecule has 102 valence electrons. The van der Waals surface area contributed by atoms with Crippen LogP contribution in [0.5, 0.6) is 5.75 Å². The Morgan fingerprint density at radius 3 is 2.33 bits per heavy atom. The number of ether oxygens (including phenoxy) is 1. The third kappa shape index (κ3) is 2.76. The van der Waals surface area contributed by atoms with Crippen LogP contribution in [0.2, 0.25) is 0 Å². The Bertz CT molecular complexity index is 551. The van der Waals surface area contributed by atoms with Gasteiger partial charge < -0.3 is 10.5 Å². The van der Waals surface area contributed by atoms with Gasteiger partial charge in [-0.3, -0.25) is 0 Å². The number of aryl methyl sites for hydroxylation is 1. The van der Waals surface area contributed by atoms with Gasteiger partial charge in [-0.2, -0.15) is 0 Å². The number of anilines is 1. The zero-order valence-corrected chi connectivity index (χ0v) is 12.2. The fraction of sp³-hybridized carbons (Fsp3) is 0.500. The molecule has 5 nitrogen and oxygen atoms in total. The minimum Gasteiger partial charge on any atom is -0.494 e. The van der Waals surface area contributed by atoms with Crippen molar-refractivity contribution in [3.8, 4) is 5.75 Å². The molecule has 0 saturated carbocycles. The summed E-state index contributed by atoms with van der Waals surface area (Å²) in [6, 6.07) is 1.41. The molecule has 1 aromatic carbocycles. The molecule has 0 spiro atoms. The summed E-state index contributed by atoms with van der Waals surface area (Å²) in [5, 5.41) is 0. The number of nitrogens with one attached hydrogen (secondary N) is 1. The van der Waals surface area contributed by atoms with E-state index in [0.29, 0.717) is 22.6 Å². The molecule has 0 aliphatic heterocycles. The lowest BCUT2D eigenvalue weighted by Crippen LogP contribution is -2.31. The van der Waals surface area contributed by atoms with Gasteiger partial charge in [0.05, 0.1) is 17.7 Å². The van der Waals surface area contributed by atoms with Crippen LogP contribution in [0.3, 0.4) is 0 Å². The van der Waals surface area contributed by atoms with Gasteiger partial charge in [0.1, 0.15) is 5.75 Å². The minimum absolute atomic E-state index is 0.168. The lowest BCUT2D eigenvalue weighted by atomic mass is 10.1. The van der Waals surface area contributed by atoms with Gasteiger partial charge in [-0.1, -0.05) is 0 Å². The van der Waals surface area contributed by atoms with E-state index in [9.17, 15) is 8.42 Å². The van der Waals surface area contributed by atoms with Crippen molar-refractivity contribution in [3.63, 3.8) is 0 Å². The first-order valence-corrected chi connectivity index (χ1v) is 7.15. The second-order valence-corrected chi connectivity index (χ2v) is 6.22. The smallest absolute Gasteiger partial charge is 0.241 e. The molecule has 1 aromatic rings. The number of hydrogen-bond acceptors (Lipinski definition) is 4. The summed E-state index contributed by atoms with van der Waals surface area (Å²) < 4.78 is 32.0. The van der Waals surface area contributed by atoms with Crippen LogP contribution in [0.1, 0.15) is 25.0 Å². The number of methoxy groups -OCH3 is 1. The van der Waals surface area contributed by atoms with Crippen LogP contribution in [-0.4, -0.2) is 21.6 Å². The molecular weight excluding hydrogens is 252 g/mol. The van der Waals surface area contributed by atoms with Gasteiger partial charge in [-0.05, 0) is 44.9 Å². The van der Waals surface area contributed by atoms with Gasteiger partial charge >= 0.3 is 0 Å². The van der Waals surface area contributed by atoms with Crippen LogP contribution < -0.4 is 15.2 Å². The standard InChI is InChI=1S/C12H20N2O3S/c1-7(2)14-18(15,16)10-6-8(3)12(17-5)11(13)9(10)4/h6-7,14H,13H2,1-5H3. The van der Waals surface area contributed by atoms with E-state index in [4.69, 9.17) is 10.5 Å². The average molecular weight is 272 g/mol. The minimum atomic E-state index is -3.55. The first kappa shape index (κ1) is 14.8. The molecule has 18 heavy (non-hydrogen) atoms. The number of nitrogens with two attached hydrogens (primary N) is 1. The first-order chi connectivity index (χ1) is 8.20. The van der Waals surface area contributed by atoms with Crippen LogP contribution in [0.15, 0.2) is 11.0 Å². The van der Waals surface area contributed by atoms with Crippen molar-refractivity contribution in [2.75, 3.05) is 12.8 Å². The van der Waals surface area contributed by atoms with Crippen LogP contribution in [0.25, 0.3) is 0 Å². The van der Waals surface area contributed by atoms with Crippen molar-refractivity contribution < 1.29 is 13.2 Å². The Morgan fingerprint density at radius 2 is 1.89 bits per heavy atom. The lowest BCUT2D eigenvalue weighted by molar-refractivity contribution is 0.413. The van der Waals surface area contributed by atoms with Crippen molar-refractivity contribution in [2.45, 2.75) is 38.6 Å². The van der Waals surface area contributed by atoms with E-state index >= 15 is 0 Å². The number of hydrogen-bond donors (Lipinski definition) is 2. The summed E-state index contributed by atoms with van der Waals surface area (Å²) in [5.41, 5.74) is 7.47. The van der Waals surface area contributed by atoms with Crippen LogP contribution in [-0.2, 0) is 10.0 Å². The van der Waals surface area contributed by atoms with E-state index in [1.165, 1.54) is 7.11 Å². The molecule has 0 atom stereocenters. The number of rotatable bonds is 4. The highest BCUT2D eigenvalue weighted by molar-refractivity contribution is 7.89. The zero-order chi connectivity index (χ0) is 14.1. The van der Waals surface area contributed by atoms with Crippen molar-refractivity contribution in [1.82, 2.24) is 4.72 Å². The molecule has 0 amide bonds. The molecule has 0 heterocycles. The van der Waals surface area contributed by atoms with Crippen molar-refractivity contribution >= 4 is 15.7 Å². The van der Waals surface area contributed by atoms with Gasteiger partial charge in [0.2, 0.25) is 10.0 Å². The van der Waals surface area contributed by atoms with E-state index in [1.54, 1.807) is 33.8 Å². The molecule has 3 N–H and O–H groups in total. The van der Waals surface area contributed by atoms with Gasteiger partial charge in [0.15, 0.2) is 0 Å². The predicted molar refractivity (Wildman–Crippen MR) is 72.3 cm³/mol. The number of nitrogen functional groups attached to an aromatic ring is 1. The van der Waals surface area contributed by atoms with Crippen molar-refractivity contribution in [3.05, 3.63) is 17.2 Å². The van der Waals surface area contributed by atoms with E-state index in [1.807, 2.05) is 0 Å². The van der Waals surface area contributed by atoms with Gasteiger partial charge in [-0.25, -0.2) is 13.1 Å². The van der Waals surface area contributed by atoms with Crippen molar-refractivity contribution in [1.29, 1.82) is 0 Å². The maximum atomic E-state index is 12.2. The molecule has 0 aliphatic carbocycles. The Kier molecular flexibility index (Phi) is 4.24. The zero-order valence-electron chi connectivity index (χ0n) is 11.4. The third-order valence-corrected chi connectivity index (χ3v) is 4.39. The predicted octanol–water partition coefficient (Wildman–Crippen LogP) is 1.58. The van der Waals surface area contributed by atoms with E-state index in [2.05, 4.69) is 4.72 Å². The SMILES string of the molecule is COc1c(C)cc(S(=O)(=O)NC(C)C)c(C)c1N. The van der Waals surface area contributed by atoms with Gasteiger partial charge in [0.25, 0.3) is 0 Å². The molecule has 0 saturated heterocycles. The Labute approximate surface area is 108 Å². The third-order valence-electron chi connectivity index (χ3n) is 2.61. The molecule has 0 unspecified atom stereocenters. The average Bonchev–Trinajstić information content (AvgIpc) is 2.22. The van der Waals surface area contributed by atoms with E-state index < -0.39 is 10.0 Å². The summed E-state index contributed by atoms with van der Waals surface area (Å²) in [5.74, 6) is 0.524. The summed E-state index contributed by atoms with van der Waals surface area (Å²) in [6.07, 6.45) is 0. The van der Waals surface area contributed by atoms with Crippen LogP contribution in [0, 0.1) is 13.8 Å². The van der Waals surface area contributed by atoms with Gasteiger partial charge in [0, 0.05) is 6.04 Å². The Hall–Kier alpha value is -1.27. The highest BCUT2D eigenvalue weighted by atomic mass is 32.2. The molecule has 1 rings (SSSR count). The van der Waals surface area contributed by atoms with Crippen LogP contribution >= 0.6 is 0 Å². The number of benzene rings is 1. The second kappa shape index (κ2) is 5.16. The van der Waals surface area contributed by atoms with Crippen molar-refractivity contribution in [2.24, 2.45) is 0 Å². The molecule has 6 heteroatoms. The normalized spacial score (nSPS) is 11.9. The number of sulfonamides is 1. The monoisotopic (exact) mass is 272 g/mol. The maximum absolute atomic E-state index is 12.2. The Balaban J connectivity index is 3.45. The molecule has 0 radical (unpaired) electrons. The van der Waals surface area contributed by atoms with Gasteiger partial charge in [-0.15, -0.1) is 0 Å². The summed E-state index contributed by atoms with van der Waals surface area (Å²) >= 11 is 0. The summed E-state index contributed by atoms with van der Waals surface area (Å²) in [6.45, 7) is 6.98. The molecule has 0 fully saturated rings. The topological polar surface area (TPSA) is 81.4 Å². The highest BCUT2D eigenvalue weighted by Crippen LogP contribution is 2.33. The fourth-order valence-electron chi connectivity index (χ4n) is 1.81. The van der Waals surface area contributed by atoms with Crippen LogP contribution in [0.4, 0.5) is 5.69 Å². The largest absolute Gasteiger partial charge is 0.494 e. The maximum Gasteiger partial charge on any atom is 0.241 e. The molecular formula is C12H20N2O3S. The van der Waals surface area contributed by atoms with E-state index in [0.717, 1.165) is 0 Å². The quantitative estimate of drug-likeness (QED) is 0.815. The molecule has 0 aromatic heterocycles. The fourth-order valence-corrected chi connectivity index (χ4v) is 3.40.